The van der Waals surface area contributed by atoms with Crippen LogP contribution in [0.25, 0.3) is 0 Å². The molecule has 1 unspecified atom stereocenters. The minimum Gasteiger partial charge on any atom is -0.326 e. The van der Waals surface area contributed by atoms with E-state index in [9.17, 15) is 23.2 Å². The molecule has 1 atom stereocenters. The van der Waals surface area contributed by atoms with Crippen molar-refractivity contribution in [1.29, 1.82) is 0 Å². The Morgan fingerprint density at radius 1 is 0.969 bits per heavy atom. The van der Waals surface area contributed by atoms with Gasteiger partial charge in [-0.05, 0) is 41.5 Å². The normalized spacial score (nSPS) is 14.8. The maximum Gasteiger partial charge on any atom is 0.232 e. The van der Waals surface area contributed by atoms with Gasteiger partial charge in [0.05, 0.1) is 18.0 Å². The number of fused-ring (bicyclic) bond motifs is 1. The molecular weight excluding hydrogens is 416 g/mol. The first-order valence-corrected chi connectivity index (χ1v) is 9.92. The van der Waals surface area contributed by atoms with Crippen LogP contribution in [0.3, 0.4) is 0 Å². The number of rotatable bonds is 5. The SMILES string of the molecule is O=C(Cc1ccccc1)Nc1cc(NC(=O)C2CC(=O)Nc3cc(F)ccc32)ccc1F. The number of hydrogen-bond acceptors (Lipinski definition) is 3. The zero-order chi connectivity index (χ0) is 22.7. The number of hydrogen-bond donors (Lipinski definition) is 3. The summed E-state index contributed by atoms with van der Waals surface area (Å²) in [6, 6.07) is 16.6. The lowest BCUT2D eigenvalue weighted by Crippen LogP contribution is -2.31. The molecule has 6 nitrogen and oxygen atoms in total. The van der Waals surface area contributed by atoms with Gasteiger partial charge in [0.1, 0.15) is 11.6 Å². The number of anilines is 3. The first-order chi connectivity index (χ1) is 15.4. The van der Waals surface area contributed by atoms with E-state index < -0.39 is 35.3 Å². The van der Waals surface area contributed by atoms with Gasteiger partial charge in [-0.3, -0.25) is 14.4 Å². The fourth-order valence-corrected chi connectivity index (χ4v) is 3.57. The molecule has 162 valence electrons. The highest BCUT2D eigenvalue weighted by atomic mass is 19.1. The van der Waals surface area contributed by atoms with Crippen LogP contribution in [0.1, 0.15) is 23.5 Å². The molecule has 4 rings (SSSR count). The molecule has 3 aromatic carbocycles. The van der Waals surface area contributed by atoms with Gasteiger partial charge in [-0.15, -0.1) is 0 Å². The van der Waals surface area contributed by atoms with Crippen molar-refractivity contribution in [2.45, 2.75) is 18.8 Å². The summed E-state index contributed by atoms with van der Waals surface area (Å²) < 4.78 is 27.7. The van der Waals surface area contributed by atoms with Crippen molar-refractivity contribution >= 4 is 34.8 Å². The van der Waals surface area contributed by atoms with Crippen molar-refractivity contribution in [3.63, 3.8) is 0 Å². The van der Waals surface area contributed by atoms with Crippen LogP contribution in [0.15, 0.2) is 66.7 Å². The molecule has 3 aromatic rings. The van der Waals surface area contributed by atoms with Crippen LogP contribution >= 0.6 is 0 Å². The van der Waals surface area contributed by atoms with Crippen LogP contribution < -0.4 is 16.0 Å². The number of carbonyl (C=O) groups excluding carboxylic acids is 3. The molecule has 1 heterocycles. The summed E-state index contributed by atoms with van der Waals surface area (Å²) in [5, 5.41) is 7.71. The molecule has 8 heteroatoms. The number of carbonyl (C=O) groups is 3. The molecule has 0 aliphatic carbocycles. The second-order valence-corrected chi connectivity index (χ2v) is 7.43. The minimum absolute atomic E-state index is 0.0708. The van der Waals surface area contributed by atoms with Gasteiger partial charge in [0.25, 0.3) is 0 Å². The van der Waals surface area contributed by atoms with E-state index in [0.717, 1.165) is 17.7 Å². The molecule has 0 saturated heterocycles. The van der Waals surface area contributed by atoms with Gasteiger partial charge in [0.2, 0.25) is 17.7 Å². The molecule has 3 N–H and O–H groups in total. The lowest BCUT2D eigenvalue weighted by atomic mass is 9.89. The highest BCUT2D eigenvalue weighted by Crippen LogP contribution is 2.34. The second kappa shape index (κ2) is 8.97. The smallest absolute Gasteiger partial charge is 0.232 e. The molecule has 0 spiro atoms. The van der Waals surface area contributed by atoms with Gasteiger partial charge in [0.15, 0.2) is 0 Å². The van der Waals surface area contributed by atoms with E-state index in [1.807, 2.05) is 6.07 Å². The fraction of sp³-hybridized carbons (Fsp3) is 0.125. The third kappa shape index (κ3) is 4.80. The summed E-state index contributed by atoms with van der Waals surface area (Å²) in [4.78, 5) is 37.1. The van der Waals surface area contributed by atoms with E-state index >= 15 is 0 Å². The maximum atomic E-state index is 14.2. The molecule has 1 aliphatic rings. The van der Waals surface area contributed by atoms with Gasteiger partial charge in [-0.25, -0.2) is 8.78 Å². The topological polar surface area (TPSA) is 87.3 Å². The zero-order valence-corrected chi connectivity index (χ0v) is 16.8. The Labute approximate surface area is 182 Å². The van der Waals surface area contributed by atoms with Gasteiger partial charge in [-0.1, -0.05) is 36.4 Å². The van der Waals surface area contributed by atoms with Crippen molar-refractivity contribution in [2.75, 3.05) is 16.0 Å². The first kappa shape index (κ1) is 21.2. The van der Waals surface area contributed by atoms with E-state index in [0.29, 0.717) is 5.56 Å². The van der Waals surface area contributed by atoms with Crippen LogP contribution in [0.5, 0.6) is 0 Å². The Hall–Kier alpha value is -4.07. The van der Waals surface area contributed by atoms with Crippen molar-refractivity contribution in [2.24, 2.45) is 0 Å². The molecule has 32 heavy (non-hydrogen) atoms. The Bertz CT molecular complexity index is 1200. The predicted molar refractivity (Wildman–Crippen MR) is 116 cm³/mol. The largest absolute Gasteiger partial charge is 0.326 e. The highest BCUT2D eigenvalue weighted by Gasteiger charge is 2.31. The molecule has 0 radical (unpaired) electrons. The summed E-state index contributed by atoms with van der Waals surface area (Å²) in [5.74, 6) is -3.32. The number of benzene rings is 3. The quantitative estimate of drug-likeness (QED) is 0.561. The molecule has 0 fully saturated rings. The summed E-state index contributed by atoms with van der Waals surface area (Å²) in [7, 11) is 0. The maximum absolute atomic E-state index is 14.2. The van der Waals surface area contributed by atoms with E-state index in [2.05, 4.69) is 16.0 Å². The van der Waals surface area contributed by atoms with Gasteiger partial charge < -0.3 is 16.0 Å². The Balaban J connectivity index is 1.49. The third-order valence-electron chi connectivity index (χ3n) is 5.09. The predicted octanol–water partition coefficient (Wildman–Crippen LogP) is 4.21. The molecule has 1 aliphatic heterocycles. The number of nitrogens with one attached hydrogen (secondary N) is 3. The van der Waals surface area contributed by atoms with Crippen LogP contribution in [0, 0.1) is 11.6 Å². The van der Waals surface area contributed by atoms with Gasteiger partial charge >= 0.3 is 0 Å². The average molecular weight is 435 g/mol. The minimum atomic E-state index is -0.833. The van der Waals surface area contributed by atoms with Crippen molar-refractivity contribution in [3.8, 4) is 0 Å². The van der Waals surface area contributed by atoms with E-state index in [4.69, 9.17) is 0 Å². The summed E-state index contributed by atoms with van der Waals surface area (Å²) >= 11 is 0. The van der Waals surface area contributed by atoms with Crippen LogP contribution in [0.2, 0.25) is 0 Å². The molecule has 0 aromatic heterocycles. The average Bonchev–Trinajstić information content (AvgIpc) is 2.75. The van der Waals surface area contributed by atoms with Crippen LogP contribution in [-0.4, -0.2) is 17.7 Å². The van der Waals surface area contributed by atoms with E-state index in [1.165, 1.54) is 24.3 Å². The lowest BCUT2D eigenvalue weighted by molar-refractivity contribution is -0.123. The fourth-order valence-electron chi connectivity index (χ4n) is 3.57. The lowest BCUT2D eigenvalue weighted by Gasteiger charge is -2.25. The standard InChI is InChI=1S/C24H19F2N3O3/c25-15-6-8-17-18(13-23(31)28-20(17)11-15)24(32)27-16-7-9-19(26)21(12-16)29-22(30)10-14-4-2-1-3-5-14/h1-9,11-12,18H,10,13H2,(H,27,32)(H,28,31)(H,29,30). The summed E-state index contributed by atoms with van der Waals surface area (Å²) in [6.07, 6.45) is -0.0340. The zero-order valence-electron chi connectivity index (χ0n) is 16.8. The Morgan fingerprint density at radius 3 is 2.53 bits per heavy atom. The third-order valence-corrected chi connectivity index (χ3v) is 5.09. The van der Waals surface area contributed by atoms with E-state index in [1.54, 1.807) is 24.3 Å². The van der Waals surface area contributed by atoms with Crippen molar-refractivity contribution < 1.29 is 23.2 Å². The Morgan fingerprint density at radius 2 is 1.75 bits per heavy atom. The van der Waals surface area contributed by atoms with Crippen LogP contribution in [0.4, 0.5) is 25.8 Å². The monoisotopic (exact) mass is 435 g/mol. The summed E-state index contributed by atoms with van der Waals surface area (Å²) in [5.41, 5.74) is 1.69. The number of amides is 3. The highest BCUT2D eigenvalue weighted by molar-refractivity contribution is 6.05. The molecule has 0 bridgehead atoms. The van der Waals surface area contributed by atoms with Crippen molar-refractivity contribution in [3.05, 3.63) is 89.5 Å². The number of halogens is 2. The van der Waals surface area contributed by atoms with Crippen molar-refractivity contribution in [1.82, 2.24) is 0 Å². The summed E-state index contributed by atoms with van der Waals surface area (Å²) in [6.45, 7) is 0. The second-order valence-electron chi connectivity index (χ2n) is 7.43. The van der Waals surface area contributed by atoms with Gasteiger partial charge in [0, 0.05) is 17.8 Å². The molecular formula is C24H19F2N3O3. The van der Waals surface area contributed by atoms with E-state index in [-0.39, 0.29) is 29.9 Å². The Kier molecular flexibility index (Phi) is 5.93. The molecule has 3 amide bonds. The first-order valence-electron chi connectivity index (χ1n) is 9.92. The van der Waals surface area contributed by atoms with Crippen LogP contribution in [-0.2, 0) is 20.8 Å². The van der Waals surface area contributed by atoms with Gasteiger partial charge in [-0.2, -0.15) is 0 Å². The molecule has 0 saturated carbocycles.